The second-order valence-corrected chi connectivity index (χ2v) is 6.74. The number of hydrogen-bond donors (Lipinski definition) is 1. The molecule has 3 rings (SSSR count). The highest BCUT2D eigenvalue weighted by Gasteiger charge is 2.32. The average Bonchev–Trinajstić information content (AvgIpc) is 3.15. The molecule has 2 aromatic rings. The first-order valence-electron chi connectivity index (χ1n) is 7.29. The highest BCUT2D eigenvalue weighted by atomic mass is 35.5. The Hall–Kier alpha value is -1.92. The quantitative estimate of drug-likeness (QED) is 0.915. The number of halogens is 1. The van der Waals surface area contributed by atoms with Crippen molar-refractivity contribution in [2.45, 2.75) is 25.3 Å². The van der Waals surface area contributed by atoms with E-state index in [1.165, 1.54) is 11.3 Å². The number of rotatable bonds is 4. The number of likely N-dealkylation sites (tertiary alicyclic amines) is 1. The Morgan fingerprint density at radius 3 is 3.00 bits per heavy atom. The smallest absolute Gasteiger partial charge is 0.305 e. The third kappa shape index (κ3) is 3.54. The molecule has 0 aliphatic carbocycles. The number of carbonyl (C=O) groups is 2. The zero-order valence-electron chi connectivity index (χ0n) is 12.2. The molecule has 1 amide bonds. The van der Waals surface area contributed by atoms with E-state index < -0.39 is 5.97 Å². The summed E-state index contributed by atoms with van der Waals surface area (Å²) in [6.45, 7) is 0.584. The lowest BCUT2D eigenvalue weighted by molar-refractivity contribution is -0.137. The van der Waals surface area contributed by atoms with E-state index in [4.69, 9.17) is 16.7 Å². The van der Waals surface area contributed by atoms with Crippen molar-refractivity contribution in [2.24, 2.45) is 0 Å². The molecule has 1 saturated heterocycles. The van der Waals surface area contributed by atoms with Gasteiger partial charge >= 0.3 is 5.97 Å². The van der Waals surface area contributed by atoms with Crippen molar-refractivity contribution in [2.75, 3.05) is 6.54 Å². The number of benzene rings is 1. The van der Waals surface area contributed by atoms with Crippen molar-refractivity contribution >= 4 is 34.8 Å². The number of aliphatic carboxylic acids is 1. The summed E-state index contributed by atoms with van der Waals surface area (Å²) in [5, 5.41) is 12.0. The van der Waals surface area contributed by atoms with Crippen molar-refractivity contribution in [3.05, 3.63) is 40.4 Å². The van der Waals surface area contributed by atoms with E-state index >= 15 is 0 Å². The molecule has 5 nitrogen and oxygen atoms in total. The highest BCUT2D eigenvalue weighted by Crippen LogP contribution is 2.28. The molecule has 0 saturated carbocycles. The topological polar surface area (TPSA) is 70.5 Å². The van der Waals surface area contributed by atoms with E-state index in [2.05, 4.69) is 4.98 Å². The summed E-state index contributed by atoms with van der Waals surface area (Å²) in [6, 6.07) is 7.08. The number of amides is 1. The number of carbonyl (C=O) groups excluding carboxylic acids is 1. The van der Waals surface area contributed by atoms with Crippen molar-refractivity contribution in [3.63, 3.8) is 0 Å². The molecule has 1 unspecified atom stereocenters. The van der Waals surface area contributed by atoms with Crippen LogP contribution in [-0.2, 0) is 4.79 Å². The van der Waals surface area contributed by atoms with Gasteiger partial charge in [0.2, 0.25) is 0 Å². The molecular weight excluding hydrogens is 336 g/mol. The first-order chi connectivity index (χ1) is 11.0. The molecule has 1 fully saturated rings. The fraction of sp³-hybridized carbons (Fsp3) is 0.312. The van der Waals surface area contributed by atoms with Gasteiger partial charge in [-0.3, -0.25) is 9.59 Å². The second-order valence-electron chi connectivity index (χ2n) is 5.44. The molecule has 1 atom stereocenters. The maximum atomic E-state index is 12.6. The number of nitrogens with zero attached hydrogens (tertiary/aromatic N) is 2. The van der Waals surface area contributed by atoms with Crippen LogP contribution in [0, 0.1) is 0 Å². The number of carboxylic acid groups (broad SMARTS) is 1. The number of thiazole rings is 1. The molecule has 2 heterocycles. The predicted octanol–water partition coefficient (Wildman–Crippen LogP) is 3.54. The van der Waals surface area contributed by atoms with Crippen LogP contribution in [-0.4, -0.2) is 39.5 Å². The maximum Gasteiger partial charge on any atom is 0.305 e. The van der Waals surface area contributed by atoms with Crippen LogP contribution in [0.5, 0.6) is 0 Å². The minimum Gasteiger partial charge on any atom is -0.481 e. The van der Waals surface area contributed by atoms with E-state index in [9.17, 15) is 9.59 Å². The molecule has 120 valence electrons. The summed E-state index contributed by atoms with van der Waals surface area (Å²) < 4.78 is 0. The van der Waals surface area contributed by atoms with Crippen LogP contribution in [0.1, 0.15) is 29.8 Å². The minimum absolute atomic E-state index is 0.0168. The van der Waals surface area contributed by atoms with E-state index in [0.717, 1.165) is 23.4 Å². The Morgan fingerprint density at radius 2 is 2.26 bits per heavy atom. The first-order valence-corrected chi connectivity index (χ1v) is 8.54. The molecule has 1 aliphatic rings. The summed E-state index contributed by atoms with van der Waals surface area (Å²) >= 11 is 7.36. The normalized spacial score (nSPS) is 17.4. The monoisotopic (exact) mass is 350 g/mol. The van der Waals surface area contributed by atoms with Crippen LogP contribution in [0.2, 0.25) is 5.02 Å². The fourth-order valence-corrected chi connectivity index (χ4v) is 3.77. The summed E-state index contributed by atoms with van der Waals surface area (Å²) in [7, 11) is 0. The van der Waals surface area contributed by atoms with Gasteiger partial charge in [-0.15, -0.1) is 11.3 Å². The zero-order chi connectivity index (χ0) is 16.4. The van der Waals surface area contributed by atoms with Gasteiger partial charge in [-0.2, -0.15) is 0 Å². The Kier molecular flexibility index (Phi) is 4.63. The van der Waals surface area contributed by atoms with Crippen LogP contribution in [0.15, 0.2) is 29.6 Å². The lowest BCUT2D eigenvalue weighted by Gasteiger charge is -2.22. The summed E-state index contributed by atoms with van der Waals surface area (Å²) in [6.07, 6.45) is 1.54. The molecule has 1 aliphatic heterocycles. The fourth-order valence-electron chi connectivity index (χ4n) is 2.79. The Morgan fingerprint density at radius 1 is 1.43 bits per heavy atom. The van der Waals surface area contributed by atoms with Crippen molar-refractivity contribution in [3.8, 4) is 10.6 Å². The molecule has 7 heteroatoms. The summed E-state index contributed by atoms with van der Waals surface area (Å²) in [5.74, 6) is -1.08. The third-order valence-corrected chi connectivity index (χ3v) is 4.97. The largest absolute Gasteiger partial charge is 0.481 e. The third-order valence-electron chi connectivity index (χ3n) is 3.84. The molecule has 1 N–H and O–H groups in total. The second kappa shape index (κ2) is 6.68. The Bertz CT molecular complexity index is 746. The first kappa shape index (κ1) is 16.0. The molecule has 1 aromatic heterocycles. The zero-order valence-corrected chi connectivity index (χ0v) is 13.8. The van der Waals surface area contributed by atoms with Crippen molar-refractivity contribution in [1.29, 1.82) is 0 Å². The standard InChI is InChI=1S/C16H15ClN2O3S/c17-11-4-1-3-10(7-11)15-18-13(9-23-15)16(22)19-6-2-5-12(19)8-14(20)21/h1,3-4,7,9,12H,2,5-6,8H2,(H,20,21). The van der Waals surface area contributed by atoms with E-state index in [0.29, 0.717) is 17.3 Å². The van der Waals surface area contributed by atoms with Crippen molar-refractivity contribution < 1.29 is 14.7 Å². The van der Waals surface area contributed by atoms with Gasteiger partial charge in [0.1, 0.15) is 10.7 Å². The molecular formula is C16H15ClN2O3S. The SMILES string of the molecule is O=C(O)CC1CCCN1C(=O)c1csc(-c2cccc(Cl)c2)n1. The lowest BCUT2D eigenvalue weighted by atomic mass is 10.1. The number of aromatic nitrogens is 1. The molecule has 1 aromatic carbocycles. The van der Waals surface area contributed by atoms with Gasteiger partial charge < -0.3 is 10.0 Å². The molecule has 0 spiro atoms. The lowest BCUT2D eigenvalue weighted by Crippen LogP contribution is -2.37. The van der Waals surface area contributed by atoms with Crippen LogP contribution in [0.25, 0.3) is 10.6 Å². The number of hydrogen-bond acceptors (Lipinski definition) is 4. The Labute approximate surface area is 142 Å². The number of carboxylic acids is 1. The summed E-state index contributed by atoms with van der Waals surface area (Å²) in [4.78, 5) is 29.5. The molecule has 23 heavy (non-hydrogen) atoms. The van der Waals surface area contributed by atoms with Crippen LogP contribution in [0.4, 0.5) is 0 Å². The minimum atomic E-state index is -0.882. The van der Waals surface area contributed by atoms with Gasteiger partial charge in [0.25, 0.3) is 5.91 Å². The maximum absolute atomic E-state index is 12.6. The van der Waals surface area contributed by atoms with Crippen LogP contribution in [0.3, 0.4) is 0 Å². The predicted molar refractivity (Wildman–Crippen MR) is 88.9 cm³/mol. The van der Waals surface area contributed by atoms with Crippen LogP contribution < -0.4 is 0 Å². The van der Waals surface area contributed by atoms with Crippen molar-refractivity contribution in [1.82, 2.24) is 9.88 Å². The van der Waals surface area contributed by atoms with Gasteiger partial charge in [-0.25, -0.2) is 4.98 Å². The summed E-state index contributed by atoms with van der Waals surface area (Å²) in [5.41, 5.74) is 1.23. The molecule has 0 bridgehead atoms. The van der Waals surface area contributed by atoms with Gasteiger partial charge in [0.05, 0.1) is 6.42 Å². The highest BCUT2D eigenvalue weighted by molar-refractivity contribution is 7.13. The van der Waals surface area contributed by atoms with E-state index in [1.807, 2.05) is 12.1 Å². The Balaban J connectivity index is 1.79. The van der Waals surface area contributed by atoms with Crippen LogP contribution >= 0.6 is 22.9 Å². The van der Waals surface area contributed by atoms with Gasteiger partial charge in [-0.1, -0.05) is 23.7 Å². The average molecular weight is 351 g/mol. The molecule has 0 radical (unpaired) electrons. The van der Waals surface area contributed by atoms with E-state index in [1.54, 1.807) is 22.4 Å². The van der Waals surface area contributed by atoms with E-state index in [-0.39, 0.29) is 18.4 Å². The van der Waals surface area contributed by atoms with Gasteiger partial charge in [0, 0.05) is 28.6 Å². The van der Waals surface area contributed by atoms with Gasteiger partial charge in [0.15, 0.2) is 0 Å². The van der Waals surface area contributed by atoms with Gasteiger partial charge in [-0.05, 0) is 25.0 Å².